The number of ether oxygens (including phenoxy) is 1. The van der Waals surface area contributed by atoms with Gasteiger partial charge in [0, 0.05) is 12.1 Å². The minimum atomic E-state index is -0.208. The molecule has 0 saturated heterocycles. The lowest BCUT2D eigenvalue weighted by Gasteiger charge is -2.20. The third-order valence-corrected chi connectivity index (χ3v) is 2.48. The van der Waals surface area contributed by atoms with E-state index in [0.29, 0.717) is 6.54 Å². The van der Waals surface area contributed by atoms with Crippen molar-refractivity contribution < 1.29 is 9.53 Å². The second-order valence-corrected chi connectivity index (χ2v) is 6.19. The topological polar surface area (TPSA) is 50.4 Å². The molecule has 4 heteroatoms. The lowest BCUT2D eigenvalue weighted by molar-refractivity contribution is 0.232. The lowest BCUT2D eigenvalue weighted by Crippen LogP contribution is -2.46. The highest BCUT2D eigenvalue weighted by Crippen LogP contribution is 2.13. The van der Waals surface area contributed by atoms with Gasteiger partial charge in [-0.15, -0.1) is 0 Å². The molecule has 0 fully saturated rings. The molecule has 0 aliphatic heterocycles. The summed E-state index contributed by atoms with van der Waals surface area (Å²) in [7, 11) is 0. The van der Waals surface area contributed by atoms with Crippen LogP contribution in [0, 0.1) is 0 Å². The largest absolute Gasteiger partial charge is 0.491 e. The molecule has 4 nitrogen and oxygen atoms in total. The number of amides is 2. The third-order valence-electron chi connectivity index (χ3n) is 2.48. The first-order chi connectivity index (χ1) is 9.26. The average Bonchev–Trinajstić information content (AvgIpc) is 2.28. The molecule has 0 unspecified atom stereocenters. The van der Waals surface area contributed by atoms with Gasteiger partial charge >= 0.3 is 6.03 Å². The number of urea groups is 1. The van der Waals surface area contributed by atoms with E-state index in [1.54, 1.807) is 0 Å². The van der Waals surface area contributed by atoms with Crippen molar-refractivity contribution in [2.75, 3.05) is 6.54 Å². The Morgan fingerprint density at radius 1 is 1.20 bits per heavy atom. The average molecular weight is 278 g/mol. The van der Waals surface area contributed by atoms with Crippen molar-refractivity contribution in [2.24, 2.45) is 0 Å². The first-order valence-corrected chi connectivity index (χ1v) is 7.08. The third kappa shape index (κ3) is 7.02. The first kappa shape index (κ1) is 16.3. The maximum Gasteiger partial charge on any atom is 0.315 e. The summed E-state index contributed by atoms with van der Waals surface area (Å²) in [6.07, 6.45) is 0.989. The van der Waals surface area contributed by atoms with Crippen LogP contribution in [0.25, 0.3) is 0 Å². The molecule has 0 atom stereocenters. The van der Waals surface area contributed by atoms with Crippen molar-refractivity contribution in [1.29, 1.82) is 0 Å². The molecule has 1 rings (SSSR count). The van der Waals surface area contributed by atoms with Crippen molar-refractivity contribution in [3.05, 3.63) is 29.8 Å². The number of rotatable bonds is 5. The van der Waals surface area contributed by atoms with E-state index in [2.05, 4.69) is 10.6 Å². The van der Waals surface area contributed by atoms with E-state index >= 15 is 0 Å². The lowest BCUT2D eigenvalue weighted by atomic mass is 10.1. The molecule has 2 amide bonds. The van der Waals surface area contributed by atoms with E-state index in [4.69, 9.17) is 4.74 Å². The fourth-order valence-corrected chi connectivity index (χ4v) is 1.71. The van der Waals surface area contributed by atoms with E-state index in [1.807, 2.05) is 58.9 Å². The SMILES string of the molecule is CC(C)Oc1ccc(CCNC(=O)NC(C)(C)C)cc1. The molecule has 1 aromatic rings. The summed E-state index contributed by atoms with van der Waals surface area (Å²) >= 11 is 0. The molecule has 1 aromatic carbocycles. The summed E-state index contributed by atoms with van der Waals surface area (Å²) in [6, 6.07) is 7.86. The molecule has 0 aromatic heterocycles. The maximum atomic E-state index is 11.6. The highest BCUT2D eigenvalue weighted by Gasteiger charge is 2.12. The monoisotopic (exact) mass is 278 g/mol. The zero-order valence-corrected chi connectivity index (χ0v) is 13.1. The Bertz CT molecular complexity index is 419. The van der Waals surface area contributed by atoms with Crippen LogP contribution in [-0.2, 0) is 6.42 Å². The second kappa shape index (κ2) is 7.17. The van der Waals surface area contributed by atoms with Crippen molar-refractivity contribution in [3.63, 3.8) is 0 Å². The zero-order valence-electron chi connectivity index (χ0n) is 13.1. The van der Waals surface area contributed by atoms with Gasteiger partial charge in [0.05, 0.1) is 6.10 Å². The van der Waals surface area contributed by atoms with E-state index in [-0.39, 0.29) is 17.7 Å². The standard InChI is InChI=1S/C16H26N2O2/c1-12(2)20-14-8-6-13(7-9-14)10-11-17-15(19)18-16(3,4)5/h6-9,12H,10-11H2,1-5H3,(H2,17,18,19). The Morgan fingerprint density at radius 2 is 1.80 bits per heavy atom. The molecule has 20 heavy (non-hydrogen) atoms. The van der Waals surface area contributed by atoms with Crippen molar-refractivity contribution in [3.8, 4) is 5.75 Å². The van der Waals surface area contributed by atoms with Crippen LogP contribution < -0.4 is 15.4 Å². The quantitative estimate of drug-likeness (QED) is 0.869. The fraction of sp³-hybridized carbons (Fsp3) is 0.562. The number of nitrogens with one attached hydrogen (secondary N) is 2. The van der Waals surface area contributed by atoms with E-state index < -0.39 is 0 Å². The maximum absolute atomic E-state index is 11.6. The molecule has 112 valence electrons. The normalized spacial score (nSPS) is 11.3. The number of benzene rings is 1. The molecule has 0 radical (unpaired) electrons. The van der Waals surface area contributed by atoms with Crippen LogP contribution in [0.4, 0.5) is 4.79 Å². The Labute approximate surface area is 121 Å². The molecular weight excluding hydrogens is 252 g/mol. The molecule has 0 spiro atoms. The Morgan fingerprint density at radius 3 is 2.30 bits per heavy atom. The second-order valence-electron chi connectivity index (χ2n) is 6.19. The fourth-order valence-electron chi connectivity index (χ4n) is 1.71. The molecule has 2 N–H and O–H groups in total. The van der Waals surface area contributed by atoms with Crippen LogP contribution in [-0.4, -0.2) is 24.2 Å². The first-order valence-electron chi connectivity index (χ1n) is 7.08. The summed E-state index contributed by atoms with van der Waals surface area (Å²) in [5.41, 5.74) is 0.970. The van der Waals surface area contributed by atoms with Gasteiger partial charge in [0.1, 0.15) is 5.75 Å². The predicted octanol–water partition coefficient (Wildman–Crippen LogP) is 3.11. The Hall–Kier alpha value is -1.71. The van der Waals surface area contributed by atoms with Gasteiger partial charge in [-0.2, -0.15) is 0 Å². The summed E-state index contributed by atoms with van der Waals surface area (Å²) in [6.45, 7) is 10.5. The van der Waals surface area contributed by atoms with Gasteiger partial charge < -0.3 is 15.4 Å². The van der Waals surface area contributed by atoms with Crippen LogP contribution in [0.5, 0.6) is 5.75 Å². The van der Waals surface area contributed by atoms with Crippen LogP contribution in [0.3, 0.4) is 0 Å². The Kier molecular flexibility index (Phi) is 5.86. The van der Waals surface area contributed by atoms with Crippen LogP contribution in [0.15, 0.2) is 24.3 Å². The van der Waals surface area contributed by atoms with Crippen molar-refractivity contribution in [2.45, 2.75) is 52.7 Å². The van der Waals surface area contributed by atoms with Gasteiger partial charge in [0.25, 0.3) is 0 Å². The summed E-state index contributed by atoms with van der Waals surface area (Å²) in [4.78, 5) is 11.6. The molecule has 0 bridgehead atoms. The zero-order chi connectivity index (χ0) is 15.2. The van der Waals surface area contributed by atoms with Gasteiger partial charge in [-0.3, -0.25) is 0 Å². The highest BCUT2D eigenvalue weighted by atomic mass is 16.5. The number of carbonyl (C=O) groups excluding carboxylic acids is 1. The van der Waals surface area contributed by atoms with Gasteiger partial charge in [0.15, 0.2) is 0 Å². The van der Waals surface area contributed by atoms with Crippen LogP contribution >= 0.6 is 0 Å². The number of hydrogen-bond acceptors (Lipinski definition) is 2. The van der Waals surface area contributed by atoms with Gasteiger partial charge in [0.2, 0.25) is 0 Å². The summed E-state index contributed by atoms with van der Waals surface area (Å²) in [5, 5.41) is 5.72. The molecule has 0 aliphatic carbocycles. The van der Waals surface area contributed by atoms with Crippen molar-refractivity contribution in [1.82, 2.24) is 10.6 Å². The minimum absolute atomic E-state index is 0.128. The van der Waals surface area contributed by atoms with Gasteiger partial charge in [-0.1, -0.05) is 12.1 Å². The van der Waals surface area contributed by atoms with Crippen LogP contribution in [0.2, 0.25) is 0 Å². The van der Waals surface area contributed by atoms with Gasteiger partial charge in [-0.25, -0.2) is 4.79 Å². The van der Waals surface area contributed by atoms with Gasteiger partial charge in [-0.05, 0) is 58.7 Å². The van der Waals surface area contributed by atoms with E-state index in [1.165, 1.54) is 5.56 Å². The summed E-state index contributed by atoms with van der Waals surface area (Å²) < 4.78 is 5.59. The molecular formula is C16H26N2O2. The van der Waals surface area contributed by atoms with E-state index in [0.717, 1.165) is 12.2 Å². The number of hydrogen-bond donors (Lipinski definition) is 2. The number of carbonyl (C=O) groups is 1. The predicted molar refractivity (Wildman–Crippen MR) is 82.2 cm³/mol. The Balaban J connectivity index is 2.33. The summed E-state index contributed by atoms with van der Waals surface area (Å²) in [5.74, 6) is 0.877. The molecule has 0 heterocycles. The smallest absolute Gasteiger partial charge is 0.315 e. The molecule has 0 saturated carbocycles. The minimum Gasteiger partial charge on any atom is -0.491 e. The van der Waals surface area contributed by atoms with Crippen molar-refractivity contribution >= 4 is 6.03 Å². The molecule has 0 aliphatic rings. The highest BCUT2D eigenvalue weighted by molar-refractivity contribution is 5.74. The van der Waals surface area contributed by atoms with Crippen LogP contribution in [0.1, 0.15) is 40.2 Å². The van der Waals surface area contributed by atoms with E-state index in [9.17, 15) is 4.79 Å².